The second-order valence-electron chi connectivity index (χ2n) is 35.4. The summed E-state index contributed by atoms with van der Waals surface area (Å²) in [5.74, 6) is 1.78. The molecule has 0 N–H and O–H groups in total. The molecule has 0 spiro atoms. The van der Waals surface area contributed by atoms with E-state index in [1.165, 1.54) is 163 Å². The van der Waals surface area contributed by atoms with Crippen molar-refractivity contribution in [3.8, 4) is 0 Å². The largest absolute Gasteiger partial charge is 0.0776 e. The van der Waals surface area contributed by atoms with Crippen LogP contribution in [0.5, 0.6) is 0 Å². The Morgan fingerprint density at radius 2 is 0.400 bits per heavy atom. The van der Waals surface area contributed by atoms with Gasteiger partial charge in [-0.1, -0.05) is 559 Å². The zero-order valence-corrected chi connectivity index (χ0v) is 92.3. The van der Waals surface area contributed by atoms with Crippen molar-refractivity contribution < 1.29 is 0 Å². The fourth-order valence-corrected chi connectivity index (χ4v) is 15.1. The maximum Gasteiger partial charge on any atom is -0.0124 e. The Kier molecular flexibility index (Phi) is 80.8. The van der Waals surface area contributed by atoms with Gasteiger partial charge < -0.3 is 0 Å². The average molecular weight is 1890 g/mol. The summed E-state index contributed by atoms with van der Waals surface area (Å²) in [5.41, 5.74) is 38.8. The maximum atomic E-state index is 2.35. The van der Waals surface area contributed by atoms with Gasteiger partial charge in [0.2, 0.25) is 0 Å². The van der Waals surface area contributed by atoms with Crippen LogP contribution in [0.1, 0.15) is 370 Å². The van der Waals surface area contributed by atoms with Gasteiger partial charge in [-0.3, -0.25) is 0 Å². The van der Waals surface area contributed by atoms with Crippen molar-refractivity contribution in [1.29, 1.82) is 0 Å². The van der Waals surface area contributed by atoms with E-state index in [1.807, 2.05) is 19.9 Å². The molecule has 2 atom stereocenters. The molecule has 0 heteroatoms. The molecule has 0 amide bonds. The first-order valence-electron chi connectivity index (χ1n) is 53.3. The Morgan fingerprint density at radius 3 is 0.643 bits per heavy atom. The van der Waals surface area contributed by atoms with Crippen molar-refractivity contribution in [2.45, 2.75) is 376 Å². The van der Waals surface area contributed by atoms with E-state index < -0.39 is 0 Å². The molecule has 14 aromatic carbocycles. The summed E-state index contributed by atoms with van der Waals surface area (Å²) in [5, 5.41) is 0. The fourth-order valence-electron chi connectivity index (χ4n) is 15.1. The normalized spacial score (nSPS) is 10.1. The molecule has 14 aromatic rings. The molecule has 0 aliphatic carbocycles. The minimum Gasteiger partial charge on any atom is -0.0776 e. The predicted molar refractivity (Wildman–Crippen MR) is 639 cm³/mol. The van der Waals surface area contributed by atoms with E-state index in [4.69, 9.17) is 0 Å². The summed E-state index contributed by atoms with van der Waals surface area (Å²) < 4.78 is 0. The van der Waals surface area contributed by atoms with E-state index in [0.717, 1.165) is 116 Å². The molecule has 0 heterocycles. The molecule has 0 bridgehead atoms. The quantitative estimate of drug-likeness (QED) is 0.0566. The van der Waals surface area contributed by atoms with Crippen LogP contribution in [-0.2, 0) is 122 Å². The second kappa shape index (κ2) is 84.9. The minimum atomic E-state index is 0. The summed E-state index contributed by atoms with van der Waals surface area (Å²) in [7, 11) is 0. The molecule has 14 rings (SSSR count). The fraction of sp³-hybridized carbons (Fsp3) is 0.400. The first-order valence-corrected chi connectivity index (χ1v) is 53.3. The Bertz CT molecular complexity index is 4870. The zero-order valence-electron chi connectivity index (χ0n) is 92.3. The molecule has 0 radical (unpaired) electrons. The average Bonchev–Trinajstić information content (AvgIpc) is 0.749. The van der Waals surface area contributed by atoms with Gasteiger partial charge in [0.25, 0.3) is 0 Å². The monoisotopic (exact) mass is 1880 g/mol. The Morgan fingerprint density at radius 1 is 0.164 bits per heavy atom. The molecule has 0 nitrogen and oxygen atoms in total. The highest BCUT2D eigenvalue weighted by Crippen LogP contribution is 2.32. The molecule has 0 saturated heterocycles. The number of hydrogen-bond donors (Lipinski definition) is 0. The number of aryl methyl sites for hydroxylation is 24. The van der Waals surface area contributed by atoms with Crippen LogP contribution in [0.3, 0.4) is 0 Å². The van der Waals surface area contributed by atoms with Gasteiger partial charge in [-0.15, -0.1) is 0 Å². The van der Waals surface area contributed by atoms with Crippen LogP contribution >= 0.6 is 0 Å². The summed E-state index contributed by atoms with van der Waals surface area (Å²) >= 11 is 0. The van der Waals surface area contributed by atoms with E-state index in [1.54, 1.807) is 0 Å². The van der Waals surface area contributed by atoms with Crippen LogP contribution in [0.4, 0.5) is 0 Å². The summed E-state index contributed by atoms with van der Waals surface area (Å²) in [6.07, 6.45) is 23.1. The number of benzene rings is 14. The lowest BCUT2D eigenvalue weighted by Crippen LogP contribution is -2.04. The van der Waals surface area contributed by atoms with Crippen molar-refractivity contribution in [3.63, 3.8) is 0 Å². The van der Waals surface area contributed by atoms with Gasteiger partial charge in [-0.05, 0) is 313 Å². The molecular weight excluding hydrogens is 1680 g/mol. The maximum absolute atomic E-state index is 2.35. The van der Waals surface area contributed by atoms with E-state index in [9.17, 15) is 0 Å². The van der Waals surface area contributed by atoms with Crippen LogP contribution in [0.25, 0.3) is 0 Å². The summed E-state index contributed by atoms with van der Waals surface area (Å²) in [4.78, 5) is 0. The third-order valence-corrected chi connectivity index (χ3v) is 25.0. The molecule has 2 unspecified atom stereocenters. The van der Waals surface area contributed by atoms with Gasteiger partial charge in [0.15, 0.2) is 0 Å². The van der Waals surface area contributed by atoms with E-state index in [0.29, 0.717) is 17.8 Å². The van der Waals surface area contributed by atoms with Gasteiger partial charge >= 0.3 is 0 Å². The topological polar surface area (TPSA) is 0 Å². The summed E-state index contributed by atoms with van der Waals surface area (Å²) in [6.45, 7) is 65.4. The van der Waals surface area contributed by atoms with E-state index >= 15 is 0 Å². The standard InChI is InChI=1S/C16H18.C13H20.7C10H14.4C9H12.C2H6.3CH4/c1-13(15-9-5-3-6-10-15)14(2)16-11-7-4-8-12-16;1-4-7-13-9-11(5-2)8-12(6-3)10-13;1-4-10-6-5-8(2)9(3)7-10;2*1-3-9-5-7-10(4-2)8-6-9;2*1-3-9-6-5-7-10(4-2)8-9;2*1-3-9-7-5-6-8-10(9)4-2;1-8(2)9-6-4-3-5-7-9;1-3-9-6-4-8(2)5-7-9;1-3-9-6-4-5-8(2)7-9;1-3-9-7-5-4-6-8(9)2;1-2;;;/h3-14H,1-2H3;8-10H,4-7H2,1-3H3;5-7H,4H2,1-3H3;6*5-8H,3-4H2,1-2H3;3-8H,1-2H3;3*4-7H,3H2,1-2H3;1-2H3;3*1H4. The lowest BCUT2D eigenvalue weighted by molar-refractivity contribution is 0.624. The number of hydrogen-bond acceptors (Lipinski definition) is 0. The Balaban J connectivity index is -0.00000145. The molecule has 0 aromatic heterocycles. The number of rotatable bonds is 24. The van der Waals surface area contributed by atoms with E-state index in [2.05, 4.69) is 534 Å². The first kappa shape index (κ1) is 133. The SMILES string of the molecule is C.C.C.CC.CC(C)c1ccccc1.CC(c1ccccc1)C(C)c1ccccc1.CCCc1cc(CC)cc(CC)c1.CCc1ccc(C)c(C)c1.CCc1ccc(C)cc1.CCc1ccc(CC)cc1.CCc1ccc(CC)cc1.CCc1cccc(C)c1.CCc1cccc(CC)c1.CCc1cccc(CC)c1.CCc1ccccc1C.CCc1ccccc1CC.CCc1ccccc1CC. The van der Waals surface area contributed by atoms with Crippen molar-refractivity contribution in [2.24, 2.45) is 0 Å². The van der Waals surface area contributed by atoms with Gasteiger partial charge in [-0.2, -0.15) is 0 Å². The molecule has 762 valence electrons. The lowest BCUT2D eigenvalue weighted by atomic mass is 9.84. The molecule has 0 saturated carbocycles. The van der Waals surface area contributed by atoms with Crippen LogP contribution in [-0.4, -0.2) is 0 Å². The molecule has 140 heavy (non-hydrogen) atoms. The third-order valence-electron chi connectivity index (χ3n) is 25.0. The zero-order chi connectivity index (χ0) is 102. The van der Waals surface area contributed by atoms with Gasteiger partial charge in [0.05, 0.1) is 0 Å². The van der Waals surface area contributed by atoms with Crippen molar-refractivity contribution in [2.75, 3.05) is 0 Å². The van der Waals surface area contributed by atoms with Gasteiger partial charge in [-0.25, -0.2) is 0 Å². The first-order chi connectivity index (χ1) is 66.3. The third kappa shape index (κ3) is 58.3. The van der Waals surface area contributed by atoms with Crippen molar-refractivity contribution >= 4 is 0 Å². The van der Waals surface area contributed by atoms with Gasteiger partial charge in [0.1, 0.15) is 0 Å². The molecule has 0 fully saturated rings. The summed E-state index contributed by atoms with van der Waals surface area (Å²) in [6, 6.07) is 124. The molecule has 0 aliphatic rings. The highest BCUT2D eigenvalue weighted by molar-refractivity contribution is 5.35. The van der Waals surface area contributed by atoms with Crippen molar-refractivity contribution in [1.82, 2.24) is 0 Å². The van der Waals surface area contributed by atoms with Crippen molar-refractivity contribution in [3.05, 3.63) is 496 Å². The van der Waals surface area contributed by atoms with Gasteiger partial charge in [0, 0.05) is 0 Å². The van der Waals surface area contributed by atoms with Crippen LogP contribution < -0.4 is 0 Å². The van der Waals surface area contributed by atoms with Crippen LogP contribution in [0, 0.1) is 34.6 Å². The lowest BCUT2D eigenvalue weighted by Gasteiger charge is -2.20. The van der Waals surface area contributed by atoms with Crippen LogP contribution in [0.15, 0.2) is 346 Å². The van der Waals surface area contributed by atoms with Crippen LogP contribution in [0.2, 0.25) is 0 Å². The minimum absolute atomic E-state index is 0. The smallest absolute Gasteiger partial charge is 0.0124 e. The molecule has 0 aliphatic heterocycles. The Hall–Kier alpha value is -10.9. The Labute approximate surface area is 866 Å². The highest BCUT2D eigenvalue weighted by atomic mass is 14.2. The molecular formula is C140H202. The highest BCUT2D eigenvalue weighted by Gasteiger charge is 2.16. The van der Waals surface area contributed by atoms with E-state index in [-0.39, 0.29) is 22.3 Å². The predicted octanol–water partition coefficient (Wildman–Crippen LogP) is 41.5. The second-order valence-corrected chi connectivity index (χ2v) is 35.4.